The van der Waals surface area contributed by atoms with E-state index in [2.05, 4.69) is 116 Å². The lowest BCUT2D eigenvalue weighted by atomic mass is 9.95. The first-order valence-electron chi connectivity index (χ1n) is 11.9. The molecular weight excluding hydrogens is 424 g/mol. The van der Waals surface area contributed by atoms with Crippen LogP contribution in [-0.2, 0) is 0 Å². The van der Waals surface area contributed by atoms with Crippen molar-refractivity contribution in [2.24, 2.45) is 0 Å². The second kappa shape index (κ2) is 9.00. The van der Waals surface area contributed by atoms with Crippen molar-refractivity contribution < 1.29 is 0 Å². The molecule has 0 atom stereocenters. The smallest absolute Gasteiger partial charge is 0.0979 e. The van der Waals surface area contributed by atoms with Crippen LogP contribution in [0.1, 0.15) is 5.56 Å². The van der Waals surface area contributed by atoms with Gasteiger partial charge in [0.1, 0.15) is 0 Å². The van der Waals surface area contributed by atoms with Crippen molar-refractivity contribution in [3.63, 3.8) is 0 Å². The van der Waals surface area contributed by atoms with Crippen LogP contribution >= 0.6 is 0 Å². The Hall–Kier alpha value is -4.56. The zero-order valence-electron chi connectivity index (χ0n) is 19.5. The van der Waals surface area contributed by atoms with Crippen molar-refractivity contribution in [3.8, 4) is 44.8 Å². The lowest BCUT2D eigenvalue weighted by Gasteiger charge is -2.16. The molecule has 1 heterocycles. The maximum Gasteiger partial charge on any atom is 0.0979 e. The van der Waals surface area contributed by atoms with Gasteiger partial charge < -0.3 is 0 Å². The standard InChI is InChI=1S/C33H24N2/c1-23-17-19-25(20-18-23)29-22-21-28(24-11-5-2-6-12-24)32-33(29)35-31(27-15-9-4-10-16-27)30(34-32)26-13-7-3-8-14-26/h2-22H,1H3. The molecule has 0 saturated heterocycles. The molecule has 1 aromatic heterocycles. The van der Waals surface area contributed by atoms with Crippen LogP contribution in [0.5, 0.6) is 0 Å². The fourth-order valence-electron chi connectivity index (χ4n) is 4.55. The molecule has 5 aromatic carbocycles. The molecule has 0 spiro atoms. The SMILES string of the molecule is Cc1ccc(-c2ccc(-c3ccccc3)c3nc(-c4ccccc4)c(-c4ccccc4)nc23)cc1. The summed E-state index contributed by atoms with van der Waals surface area (Å²) in [5.74, 6) is 0. The van der Waals surface area contributed by atoms with Crippen molar-refractivity contribution in [2.75, 3.05) is 0 Å². The average molecular weight is 449 g/mol. The first-order chi connectivity index (χ1) is 17.3. The second-order valence-corrected chi connectivity index (χ2v) is 8.74. The highest BCUT2D eigenvalue weighted by atomic mass is 14.8. The number of aryl methyl sites for hydroxylation is 1. The summed E-state index contributed by atoms with van der Waals surface area (Å²) < 4.78 is 0. The van der Waals surface area contributed by atoms with Crippen molar-refractivity contribution in [1.82, 2.24) is 9.97 Å². The summed E-state index contributed by atoms with van der Waals surface area (Å²) in [6.07, 6.45) is 0. The van der Waals surface area contributed by atoms with Crippen LogP contribution in [0.3, 0.4) is 0 Å². The summed E-state index contributed by atoms with van der Waals surface area (Å²) in [6, 6.07) is 44.1. The largest absolute Gasteiger partial charge is 0.243 e. The molecule has 0 bridgehead atoms. The molecule has 0 unspecified atom stereocenters. The first kappa shape index (κ1) is 21.0. The van der Waals surface area contributed by atoms with Gasteiger partial charge in [0.15, 0.2) is 0 Å². The molecular formula is C33H24N2. The number of nitrogens with zero attached hydrogens (tertiary/aromatic N) is 2. The molecule has 0 amide bonds. The zero-order chi connectivity index (χ0) is 23.6. The van der Waals surface area contributed by atoms with E-state index in [1.165, 1.54) is 5.56 Å². The number of hydrogen-bond donors (Lipinski definition) is 0. The molecule has 6 rings (SSSR count). The maximum absolute atomic E-state index is 5.34. The molecule has 0 aliphatic carbocycles. The van der Waals surface area contributed by atoms with Crippen LogP contribution in [0, 0.1) is 6.92 Å². The maximum atomic E-state index is 5.34. The fourth-order valence-corrected chi connectivity index (χ4v) is 4.55. The minimum absolute atomic E-state index is 0.891. The zero-order valence-corrected chi connectivity index (χ0v) is 19.5. The Kier molecular flexibility index (Phi) is 5.40. The highest BCUT2D eigenvalue weighted by Crippen LogP contribution is 2.38. The minimum atomic E-state index is 0.891. The molecule has 0 N–H and O–H groups in total. The summed E-state index contributed by atoms with van der Waals surface area (Å²) in [7, 11) is 0. The highest BCUT2D eigenvalue weighted by Gasteiger charge is 2.18. The monoisotopic (exact) mass is 448 g/mol. The molecule has 2 heteroatoms. The van der Waals surface area contributed by atoms with Gasteiger partial charge in [0.25, 0.3) is 0 Å². The number of benzene rings is 5. The Morgan fingerprint density at radius 3 is 1.17 bits per heavy atom. The summed E-state index contributed by atoms with van der Waals surface area (Å²) in [5, 5.41) is 0. The van der Waals surface area contributed by atoms with Gasteiger partial charge in [-0.25, -0.2) is 9.97 Å². The van der Waals surface area contributed by atoms with Gasteiger partial charge in [0.2, 0.25) is 0 Å². The third-order valence-corrected chi connectivity index (χ3v) is 6.36. The van der Waals surface area contributed by atoms with Gasteiger partial charge >= 0.3 is 0 Å². The fraction of sp³-hybridized carbons (Fsp3) is 0.0303. The van der Waals surface area contributed by atoms with Gasteiger partial charge in [-0.3, -0.25) is 0 Å². The molecule has 0 fully saturated rings. The quantitative estimate of drug-likeness (QED) is 0.270. The minimum Gasteiger partial charge on any atom is -0.243 e. The van der Waals surface area contributed by atoms with E-state index in [1.54, 1.807) is 0 Å². The Morgan fingerprint density at radius 2 is 0.743 bits per heavy atom. The number of rotatable bonds is 4. The predicted octanol–water partition coefficient (Wildman–Crippen LogP) is 8.61. The first-order valence-corrected chi connectivity index (χ1v) is 11.9. The Balaban J connectivity index is 1.72. The molecule has 0 aliphatic rings. The molecule has 2 nitrogen and oxygen atoms in total. The van der Waals surface area contributed by atoms with E-state index >= 15 is 0 Å². The summed E-state index contributed by atoms with van der Waals surface area (Å²) in [6.45, 7) is 2.11. The van der Waals surface area contributed by atoms with Gasteiger partial charge in [0.05, 0.1) is 22.4 Å². The lowest BCUT2D eigenvalue weighted by molar-refractivity contribution is 1.29. The molecule has 0 aliphatic heterocycles. The topological polar surface area (TPSA) is 25.8 Å². The van der Waals surface area contributed by atoms with Gasteiger partial charge in [-0.05, 0) is 18.1 Å². The van der Waals surface area contributed by atoms with E-state index in [1.807, 2.05) is 18.2 Å². The van der Waals surface area contributed by atoms with Crippen molar-refractivity contribution in [3.05, 3.63) is 133 Å². The van der Waals surface area contributed by atoms with Gasteiger partial charge in [-0.1, -0.05) is 133 Å². The molecule has 6 aromatic rings. The lowest BCUT2D eigenvalue weighted by Crippen LogP contribution is -1.99. The summed E-state index contributed by atoms with van der Waals surface area (Å²) in [5.41, 5.74) is 11.4. The molecule has 166 valence electrons. The van der Waals surface area contributed by atoms with E-state index < -0.39 is 0 Å². The summed E-state index contributed by atoms with van der Waals surface area (Å²) >= 11 is 0. The summed E-state index contributed by atoms with van der Waals surface area (Å²) in [4.78, 5) is 10.7. The van der Waals surface area contributed by atoms with E-state index in [4.69, 9.17) is 9.97 Å². The third-order valence-electron chi connectivity index (χ3n) is 6.36. The Bertz CT molecular complexity index is 1610. The number of aromatic nitrogens is 2. The van der Waals surface area contributed by atoms with Crippen molar-refractivity contribution >= 4 is 11.0 Å². The van der Waals surface area contributed by atoms with Crippen LogP contribution in [-0.4, -0.2) is 9.97 Å². The normalized spacial score (nSPS) is 11.0. The van der Waals surface area contributed by atoms with Crippen LogP contribution in [0.25, 0.3) is 55.8 Å². The van der Waals surface area contributed by atoms with E-state index in [-0.39, 0.29) is 0 Å². The Morgan fingerprint density at radius 1 is 0.371 bits per heavy atom. The molecule has 35 heavy (non-hydrogen) atoms. The van der Waals surface area contributed by atoms with Crippen LogP contribution in [0.4, 0.5) is 0 Å². The van der Waals surface area contributed by atoms with Crippen LogP contribution in [0.15, 0.2) is 127 Å². The van der Waals surface area contributed by atoms with Gasteiger partial charge in [-0.15, -0.1) is 0 Å². The molecule has 0 radical (unpaired) electrons. The van der Waals surface area contributed by atoms with E-state index in [9.17, 15) is 0 Å². The van der Waals surface area contributed by atoms with Crippen molar-refractivity contribution in [1.29, 1.82) is 0 Å². The average Bonchev–Trinajstić information content (AvgIpc) is 2.94. The van der Waals surface area contributed by atoms with Gasteiger partial charge in [0, 0.05) is 22.3 Å². The highest BCUT2D eigenvalue weighted by molar-refractivity contribution is 6.02. The van der Waals surface area contributed by atoms with E-state index in [0.717, 1.165) is 55.8 Å². The van der Waals surface area contributed by atoms with Crippen LogP contribution < -0.4 is 0 Å². The van der Waals surface area contributed by atoms with Crippen molar-refractivity contribution in [2.45, 2.75) is 6.92 Å². The molecule has 0 saturated carbocycles. The Labute approximate surface area is 205 Å². The number of fused-ring (bicyclic) bond motifs is 1. The second-order valence-electron chi connectivity index (χ2n) is 8.74. The van der Waals surface area contributed by atoms with Crippen LogP contribution in [0.2, 0.25) is 0 Å². The van der Waals surface area contributed by atoms with E-state index in [0.29, 0.717) is 0 Å². The third kappa shape index (κ3) is 4.00. The predicted molar refractivity (Wildman–Crippen MR) is 146 cm³/mol. The number of hydrogen-bond acceptors (Lipinski definition) is 2. The van der Waals surface area contributed by atoms with Gasteiger partial charge in [-0.2, -0.15) is 0 Å².